The number of esters is 1. The molecule has 0 fully saturated rings. The monoisotopic (exact) mass is 252 g/mol. The minimum atomic E-state index is -0.0945. The SMILES string of the molecule is CCOC(=O)CCSC(CC)c1ccccc1. The van der Waals surface area contributed by atoms with Crippen molar-refractivity contribution < 1.29 is 9.53 Å². The first-order valence-electron chi connectivity index (χ1n) is 6.10. The van der Waals surface area contributed by atoms with Gasteiger partial charge in [-0.3, -0.25) is 4.79 Å². The van der Waals surface area contributed by atoms with E-state index < -0.39 is 0 Å². The highest BCUT2D eigenvalue weighted by Gasteiger charge is 2.10. The fraction of sp³-hybridized carbons (Fsp3) is 0.500. The summed E-state index contributed by atoms with van der Waals surface area (Å²) in [5.74, 6) is 0.731. The fourth-order valence-electron chi connectivity index (χ4n) is 1.64. The molecule has 0 heterocycles. The van der Waals surface area contributed by atoms with E-state index in [9.17, 15) is 4.79 Å². The molecule has 1 aromatic carbocycles. The standard InChI is InChI=1S/C14H20O2S/c1-3-13(12-8-6-5-7-9-12)17-11-10-14(15)16-4-2/h5-9,13H,3-4,10-11H2,1-2H3. The molecule has 3 heteroatoms. The van der Waals surface area contributed by atoms with E-state index in [0.29, 0.717) is 18.3 Å². The summed E-state index contributed by atoms with van der Waals surface area (Å²) in [6.45, 7) is 4.48. The van der Waals surface area contributed by atoms with Crippen LogP contribution in [-0.4, -0.2) is 18.3 Å². The molecule has 94 valence electrons. The van der Waals surface area contributed by atoms with Gasteiger partial charge in [-0.1, -0.05) is 37.3 Å². The lowest BCUT2D eigenvalue weighted by atomic mass is 10.1. The highest BCUT2D eigenvalue weighted by molar-refractivity contribution is 7.99. The van der Waals surface area contributed by atoms with Crippen LogP contribution in [0.2, 0.25) is 0 Å². The van der Waals surface area contributed by atoms with Gasteiger partial charge in [0.15, 0.2) is 0 Å². The summed E-state index contributed by atoms with van der Waals surface area (Å²) in [5, 5.41) is 0.477. The summed E-state index contributed by atoms with van der Waals surface area (Å²) >= 11 is 1.83. The zero-order chi connectivity index (χ0) is 12.5. The third-order valence-electron chi connectivity index (χ3n) is 2.47. The van der Waals surface area contributed by atoms with Gasteiger partial charge in [-0.2, -0.15) is 11.8 Å². The summed E-state index contributed by atoms with van der Waals surface area (Å²) in [4.78, 5) is 11.2. The van der Waals surface area contributed by atoms with Crippen molar-refractivity contribution in [3.05, 3.63) is 35.9 Å². The Morgan fingerprint density at radius 1 is 1.29 bits per heavy atom. The molecule has 0 bridgehead atoms. The lowest BCUT2D eigenvalue weighted by Crippen LogP contribution is -2.05. The van der Waals surface area contributed by atoms with Crippen molar-refractivity contribution in [3.8, 4) is 0 Å². The maximum atomic E-state index is 11.2. The van der Waals surface area contributed by atoms with Crippen molar-refractivity contribution in [3.63, 3.8) is 0 Å². The maximum Gasteiger partial charge on any atom is 0.306 e. The molecule has 1 unspecified atom stereocenters. The normalized spacial score (nSPS) is 12.1. The van der Waals surface area contributed by atoms with Gasteiger partial charge >= 0.3 is 5.97 Å². The summed E-state index contributed by atoms with van der Waals surface area (Å²) in [6, 6.07) is 10.4. The van der Waals surface area contributed by atoms with Crippen LogP contribution >= 0.6 is 11.8 Å². The Labute approximate surface area is 108 Å². The van der Waals surface area contributed by atoms with Gasteiger partial charge in [0.1, 0.15) is 0 Å². The molecule has 1 atom stereocenters. The van der Waals surface area contributed by atoms with Crippen LogP contribution in [0.4, 0.5) is 0 Å². The van der Waals surface area contributed by atoms with Crippen molar-refractivity contribution in [2.75, 3.05) is 12.4 Å². The van der Waals surface area contributed by atoms with Gasteiger partial charge in [0.05, 0.1) is 13.0 Å². The molecule has 0 aliphatic heterocycles. The topological polar surface area (TPSA) is 26.3 Å². The van der Waals surface area contributed by atoms with Crippen LogP contribution in [0.1, 0.15) is 37.5 Å². The Balaban J connectivity index is 2.36. The summed E-state index contributed by atoms with van der Waals surface area (Å²) < 4.78 is 4.91. The van der Waals surface area contributed by atoms with Crippen molar-refractivity contribution in [2.45, 2.75) is 31.9 Å². The number of hydrogen-bond acceptors (Lipinski definition) is 3. The third-order valence-corrected chi connectivity index (χ3v) is 3.92. The van der Waals surface area contributed by atoms with Gasteiger partial charge < -0.3 is 4.74 Å². The Hall–Kier alpha value is -0.960. The minimum Gasteiger partial charge on any atom is -0.466 e. The molecule has 0 saturated carbocycles. The van der Waals surface area contributed by atoms with Gasteiger partial charge in [0.2, 0.25) is 0 Å². The van der Waals surface area contributed by atoms with Crippen LogP contribution in [-0.2, 0) is 9.53 Å². The zero-order valence-corrected chi connectivity index (χ0v) is 11.3. The Morgan fingerprint density at radius 2 is 2.00 bits per heavy atom. The van der Waals surface area contributed by atoms with Crippen molar-refractivity contribution in [1.29, 1.82) is 0 Å². The number of benzene rings is 1. The molecule has 2 nitrogen and oxygen atoms in total. The Bertz CT molecular complexity index is 324. The average molecular weight is 252 g/mol. The number of carbonyl (C=O) groups excluding carboxylic acids is 1. The third kappa shape index (κ3) is 5.26. The molecular weight excluding hydrogens is 232 g/mol. The van der Waals surface area contributed by atoms with Crippen LogP contribution in [0.25, 0.3) is 0 Å². The molecule has 0 saturated heterocycles. The molecule has 0 N–H and O–H groups in total. The van der Waals surface area contributed by atoms with Gasteiger partial charge in [-0.25, -0.2) is 0 Å². The molecule has 1 aromatic rings. The highest BCUT2D eigenvalue weighted by Crippen LogP contribution is 2.31. The number of hydrogen-bond donors (Lipinski definition) is 0. The maximum absolute atomic E-state index is 11.2. The molecule has 17 heavy (non-hydrogen) atoms. The van der Waals surface area contributed by atoms with Crippen LogP contribution in [0.15, 0.2) is 30.3 Å². The molecule has 0 radical (unpaired) electrons. The van der Waals surface area contributed by atoms with Crippen LogP contribution in [0.3, 0.4) is 0 Å². The quantitative estimate of drug-likeness (QED) is 0.690. The van der Waals surface area contributed by atoms with E-state index in [1.54, 1.807) is 0 Å². The second-order valence-corrected chi connectivity index (χ2v) is 5.04. The Kier molecular flexibility index (Phi) is 6.78. The van der Waals surface area contributed by atoms with E-state index in [1.165, 1.54) is 5.56 Å². The van der Waals surface area contributed by atoms with Crippen LogP contribution in [0, 0.1) is 0 Å². The van der Waals surface area contributed by atoms with E-state index in [-0.39, 0.29) is 5.97 Å². The smallest absolute Gasteiger partial charge is 0.306 e. The number of rotatable bonds is 7. The summed E-state index contributed by atoms with van der Waals surface area (Å²) in [7, 11) is 0. The molecule has 0 spiro atoms. The van der Waals surface area contributed by atoms with Crippen molar-refractivity contribution >= 4 is 17.7 Å². The van der Waals surface area contributed by atoms with Gasteiger partial charge in [-0.15, -0.1) is 0 Å². The molecule has 0 aliphatic rings. The van der Waals surface area contributed by atoms with Gasteiger partial charge in [0, 0.05) is 11.0 Å². The average Bonchev–Trinajstić information content (AvgIpc) is 2.36. The highest BCUT2D eigenvalue weighted by atomic mass is 32.2. The number of thioether (sulfide) groups is 1. The van der Waals surface area contributed by atoms with E-state index in [2.05, 4.69) is 31.2 Å². The minimum absolute atomic E-state index is 0.0945. The van der Waals surface area contributed by atoms with E-state index in [0.717, 1.165) is 12.2 Å². The predicted molar refractivity (Wildman–Crippen MR) is 73.2 cm³/mol. The van der Waals surface area contributed by atoms with E-state index in [4.69, 9.17) is 4.74 Å². The van der Waals surface area contributed by atoms with E-state index in [1.807, 2.05) is 24.8 Å². The first-order valence-corrected chi connectivity index (χ1v) is 7.15. The first-order chi connectivity index (χ1) is 8.27. The van der Waals surface area contributed by atoms with Crippen LogP contribution < -0.4 is 0 Å². The van der Waals surface area contributed by atoms with E-state index >= 15 is 0 Å². The fourth-order valence-corrected chi connectivity index (χ4v) is 2.79. The lowest BCUT2D eigenvalue weighted by Gasteiger charge is -2.14. The molecule has 0 aromatic heterocycles. The zero-order valence-electron chi connectivity index (χ0n) is 10.5. The van der Waals surface area contributed by atoms with Crippen molar-refractivity contribution in [1.82, 2.24) is 0 Å². The molecule has 0 amide bonds. The van der Waals surface area contributed by atoms with Crippen LogP contribution in [0.5, 0.6) is 0 Å². The second-order valence-electron chi connectivity index (χ2n) is 3.73. The largest absolute Gasteiger partial charge is 0.466 e. The van der Waals surface area contributed by atoms with Gasteiger partial charge in [-0.05, 0) is 18.9 Å². The molecule has 0 aliphatic carbocycles. The first kappa shape index (κ1) is 14.1. The summed E-state index contributed by atoms with van der Waals surface area (Å²) in [6.07, 6.45) is 1.58. The molecule has 1 rings (SSSR count). The molecular formula is C14H20O2S. The number of ether oxygens (including phenoxy) is 1. The second kappa shape index (κ2) is 8.18. The lowest BCUT2D eigenvalue weighted by molar-refractivity contribution is -0.142. The van der Waals surface area contributed by atoms with Gasteiger partial charge in [0.25, 0.3) is 0 Å². The Morgan fingerprint density at radius 3 is 2.59 bits per heavy atom. The number of carbonyl (C=O) groups is 1. The van der Waals surface area contributed by atoms with Crippen molar-refractivity contribution in [2.24, 2.45) is 0 Å². The predicted octanol–water partition coefficient (Wildman–Crippen LogP) is 3.82. The summed E-state index contributed by atoms with van der Waals surface area (Å²) in [5.41, 5.74) is 1.34.